The predicted molar refractivity (Wildman–Crippen MR) is 75.7 cm³/mol. The van der Waals surface area contributed by atoms with Crippen molar-refractivity contribution in [2.45, 2.75) is 6.42 Å². The summed E-state index contributed by atoms with van der Waals surface area (Å²) >= 11 is 1.58. The van der Waals surface area contributed by atoms with Crippen LogP contribution in [0.4, 0.5) is 11.9 Å². The molecule has 0 spiro atoms. The van der Waals surface area contributed by atoms with E-state index in [1.807, 2.05) is 10.9 Å². The molecule has 20 heavy (non-hydrogen) atoms. The van der Waals surface area contributed by atoms with Crippen LogP contribution in [0.1, 0.15) is 5.69 Å². The highest BCUT2D eigenvalue weighted by molar-refractivity contribution is 7.07. The Bertz CT molecular complexity index is 664. The largest absolute Gasteiger partial charge is 0.368 e. The van der Waals surface area contributed by atoms with E-state index in [-0.39, 0.29) is 5.95 Å². The zero-order valence-corrected chi connectivity index (χ0v) is 11.3. The quantitative estimate of drug-likeness (QED) is 0.713. The summed E-state index contributed by atoms with van der Waals surface area (Å²) in [5.41, 5.74) is 8.54. The van der Waals surface area contributed by atoms with Crippen LogP contribution in [0.25, 0.3) is 5.95 Å². The van der Waals surface area contributed by atoms with Crippen LogP contribution >= 0.6 is 11.3 Å². The molecule has 0 aliphatic rings. The van der Waals surface area contributed by atoms with Crippen LogP contribution in [0.15, 0.2) is 29.6 Å². The van der Waals surface area contributed by atoms with Crippen molar-refractivity contribution in [3.8, 4) is 5.95 Å². The molecule has 3 aromatic heterocycles. The number of anilines is 2. The molecule has 9 heteroatoms. The van der Waals surface area contributed by atoms with Crippen molar-refractivity contribution in [1.29, 1.82) is 0 Å². The molecule has 8 nitrogen and oxygen atoms in total. The number of nitrogens with one attached hydrogen (secondary N) is 1. The summed E-state index contributed by atoms with van der Waals surface area (Å²) in [6.07, 6.45) is 5.80. The number of nitrogens with zero attached hydrogens (tertiary/aromatic N) is 6. The first-order chi connectivity index (χ1) is 9.81. The molecule has 0 saturated carbocycles. The molecule has 0 aliphatic heterocycles. The number of nitrogens with two attached hydrogens (primary N) is 1. The molecule has 0 saturated heterocycles. The third kappa shape index (κ3) is 2.88. The van der Waals surface area contributed by atoms with E-state index < -0.39 is 0 Å². The average Bonchev–Trinajstić information content (AvgIpc) is 3.11. The number of thiazole rings is 1. The van der Waals surface area contributed by atoms with Crippen molar-refractivity contribution in [1.82, 2.24) is 29.5 Å². The van der Waals surface area contributed by atoms with Crippen LogP contribution in [-0.4, -0.2) is 36.0 Å². The van der Waals surface area contributed by atoms with Crippen LogP contribution in [-0.2, 0) is 6.42 Å². The standard InChI is InChI=1S/C11H12N8S/c12-9-16-10(14-2-1-8-5-20-7-15-8)18-11(17-9)19-4-3-13-6-19/h3-7H,1-2H2,(H3,12,14,16,17,18). The third-order valence-electron chi connectivity index (χ3n) is 2.52. The van der Waals surface area contributed by atoms with Crippen molar-refractivity contribution >= 4 is 23.2 Å². The number of aromatic nitrogens is 6. The first-order valence-electron chi connectivity index (χ1n) is 5.92. The molecule has 3 heterocycles. The van der Waals surface area contributed by atoms with Crippen molar-refractivity contribution < 1.29 is 0 Å². The molecule has 3 aromatic rings. The summed E-state index contributed by atoms with van der Waals surface area (Å²) in [6, 6.07) is 0. The van der Waals surface area contributed by atoms with Gasteiger partial charge in [0.15, 0.2) is 0 Å². The maximum atomic E-state index is 5.69. The van der Waals surface area contributed by atoms with E-state index in [0.717, 1.165) is 12.1 Å². The Balaban J connectivity index is 1.70. The second-order valence-corrected chi connectivity index (χ2v) is 4.66. The van der Waals surface area contributed by atoms with Gasteiger partial charge in [0.1, 0.15) is 6.33 Å². The lowest BCUT2D eigenvalue weighted by molar-refractivity contribution is 0.886. The molecule has 0 aromatic carbocycles. The predicted octanol–water partition coefficient (Wildman–Crippen LogP) is 0.751. The SMILES string of the molecule is Nc1nc(NCCc2cscn2)nc(-n2ccnc2)n1. The van der Waals surface area contributed by atoms with Crippen molar-refractivity contribution in [3.05, 3.63) is 35.3 Å². The summed E-state index contributed by atoms with van der Waals surface area (Å²) in [5.74, 6) is 1.04. The topological polar surface area (TPSA) is 107 Å². The van der Waals surface area contributed by atoms with Crippen molar-refractivity contribution in [3.63, 3.8) is 0 Å². The summed E-state index contributed by atoms with van der Waals surface area (Å²) in [7, 11) is 0. The van der Waals surface area contributed by atoms with Crippen LogP contribution in [0.2, 0.25) is 0 Å². The minimum absolute atomic E-state index is 0.167. The zero-order valence-electron chi connectivity index (χ0n) is 10.5. The maximum absolute atomic E-state index is 5.69. The fourth-order valence-corrected chi connectivity index (χ4v) is 2.21. The molecule has 3 rings (SSSR count). The van der Waals surface area contributed by atoms with Gasteiger partial charge in [-0.05, 0) is 0 Å². The zero-order chi connectivity index (χ0) is 13.8. The highest BCUT2D eigenvalue weighted by Gasteiger charge is 2.05. The Morgan fingerprint density at radius 3 is 3.00 bits per heavy atom. The molecule has 0 aliphatic carbocycles. The van der Waals surface area contributed by atoms with Gasteiger partial charge in [0.25, 0.3) is 0 Å². The fraction of sp³-hybridized carbons (Fsp3) is 0.182. The highest BCUT2D eigenvalue weighted by atomic mass is 32.1. The van der Waals surface area contributed by atoms with Gasteiger partial charge in [0.2, 0.25) is 17.8 Å². The molecule has 0 bridgehead atoms. The maximum Gasteiger partial charge on any atom is 0.241 e. The molecule has 0 unspecified atom stereocenters. The average molecular weight is 288 g/mol. The number of rotatable bonds is 5. The smallest absolute Gasteiger partial charge is 0.241 e. The summed E-state index contributed by atoms with van der Waals surface area (Å²) in [5, 5.41) is 5.13. The Kier molecular flexibility index (Phi) is 3.50. The molecule has 0 amide bonds. The second kappa shape index (κ2) is 5.61. The number of nitrogen functional groups attached to an aromatic ring is 1. The molecular formula is C11H12N8S. The van der Waals surface area contributed by atoms with E-state index in [9.17, 15) is 0 Å². The Hall–Kier alpha value is -2.55. The number of imidazole rings is 1. The molecule has 0 fully saturated rings. The van der Waals surface area contributed by atoms with Crippen molar-refractivity contribution in [2.75, 3.05) is 17.6 Å². The summed E-state index contributed by atoms with van der Waals surface area (Å²) < 4.78 is 1.67. The van der Waals surface area contributed by atoms with Gasteiger partial charge in [0, 0.05) is 30.7 Å². The van der Waals surface area contributed by atoms with E-state index in [1.54, 1.807) is 34.6 Å². The Labute approximate surface area is 118 Å². The number of hydrogen-bond acceptors (Lipinski definition) is 8. The second-order valence-electron chi connectivity index (χ2n) is 3.94. The van der Waals surface area contributed by atoms with Crippen LogP contribution in [0.3, 0.4) is 0 Å². The Morgan fingerprint density at radius 1 is 1.30 bits per heavy atom. The summed E-state index contributed by atoms with van der Waals surface area (Å²) in [6.45, 7) is 0.677. The van der Waals surface area contributed by atoms with E-state index >= 15 is 0 Å². The van der Waals surface area contributed by atoms with Gasteiger partial charge in [-0.1, -0.05) is 0 Å². The highest BCUT2D eigenvalue weighted by Crippen LogP contribution is 2.07. The van der Waals surface area contributed by atoms with Gasteiger partial charge in [-0.3, -0.25) is 4.57 Å². The molecular weight excluding hydrogens is 276 g/mol. The van der Waals surface area contributed by atoms with Gasteiger partial charge in [-0.2, -0.15) is 15.0 Å². The van der Waals surface area contributed by atoms with Gasteiger partial charge in [0.05, 0.1) is 11.2 Å². The monoisotopic (exact) mass is 288 g/mol. The molecule has 0 atom stereocenters. The lowest BCUT2D eigenvalue weighted by atomic mass is 10.3. The van der Waals surface area contributed by atoms with Crippen LogP contribution in [0, 0.1) is 0 Å². The molecule has 102 valence electrons. The van der Waals surface area contributed by atoms with Gasteiger partial charge in [-0.15, -0.1) is 11.3 Å². The van der Waals surface area contributed by atoms with Crippen LogP contribution < -0.4 is 11.1 Å². The van der Waals surface area contributed by atoms with Gasteiger partial charge in [-0.25, -0.2) is 9.97 Å². The third-order valence-corrected chi connectivity index (χ3v) is 3.16. The number of hydrogen-bond donors (Lipinski definition) is 2. The van der Waals surface area contributed by atoms with E-state index in [2.05, 4.69) is 30.2 Å². The minimum Gasteiger partial charge on any atom is -0.368 e. The molecule has 0 radical (unpaired) electrons. The first-order valence-corrected chi connectivity index (χ1v) is 6.86. The van der Waals surface area contributed by atoms with E-state index in [4.69, 9.17) is 5.73 Å². The minimum atomic E-state index is 0.167. The van der Waals surface area contributed by atoms with Gasteiger partial charge >= 0.3 is 0 Å². The van der Waals surface area contributed by atoms with Gasteiger partial charge < -0.3 is 11.1 Å². The molecule has 3 N–H and O–H groups in total. The van der Waals surface area contributed by atoms with E-state index in [1.165, 1.54) is 0 Å². The summed E-state index contributed by atoms with van der Waals surface area (Å²) in [4.78, 5) is 20.6. The lowest BCUT2D eigenvalue weighted by Crippen LogP contribution is -2.12. The first kappa shape index (κ1) is 12.5. The fourth-order valence-electron chi connectivity index (χ4n) is 1.62. The Morgan fingerprint density at radius 2 is 2.25 bits per heavy atom. The van der Waals surface area contributed by atoms with E-state index in [0.29, 0.717) is 18.4 Å². The normalized spacial score (nSPS) is 10.6. The lowest BCUT2D eigenvalue weighted by Gasteiger charge is -2.06. The van der Waals surface area contributed by atoms with Crippen LogP contribution in [0.5, 0.6) is 0 Å². The van der Waals surface area contributed by atoms with Crippen molar-refractivity contribution in [2.24, 2.45) is 0 Å².